The van der Waals surface area contributed by atoms with Gasteiger partial charge in [-0.1, -0.05) is 18.2 Å². The molecule has 0 unspecified atom stereocenters. The molecule has 0 radical (unpaired) electrons. The van der Waals surface area contributed by atoms with E-state index < -0.39 is 23.4 Å². The number of nitrogens with one attached hydrogen (secondary N) is 1. The Morgan fingerprint density at radius 1 is 1.14 bits per heavy atom. The molecule has 1 aromatic heterocycles. The van der Waals surface area contributed by atoms with Crippen molar-refractivity contribution >= 4 is 22.6 Å². The molecule has 4 rings (SSSR count). The third kappa shape index (κ3) is 5.31. The number of carbonyl (C=O) groups is 1. The standard InChI is InChI=1S/C27H31F3N4O2/c1-16(19-6-5-7-21(14-19)27(28,29)30)31-24-22-15-20(8-9-23(22)32-17(2)33-24)26(36)12-10-18(11-13-26)25(35)34(3)4/h5-9,14-16,18,36H,10-13H2,1-4H3,(H,31,32,33)/t16-,18?,26?/m0/s1. The van der Waals surface area contributed by atoms with Crippen LogP contribution in [-0.2, 0) is 16.6 Å². The van der Waals surface area contributed by atoms with E-state index in [1.54, 1.807) is 38.9 Å². The number of aliphatic hydroxyl groups is 1. The lowest BCUT2D eigenvalue weighted by Gasteiger charge is -2.36. The first kappa shape index (κ1) is 25.9. The third-order valence-electron chi connectivity index (χ3n) is 7.01. The average Bonchev–Trinajstić information content (AvgIpc) is 2.83. The lowest BCUT2D eigenvalue weighted by Crippen LogP contribution is -2.37. The number of anilines is 1. The number of nitrogens with zero attached hydrogens (tertiary/aromatic N) is 3. The van der Waals surface area contributed by atoms with Gasteiger partial charge in [0.15, 0.2) is 0 Å². The Bertz CT molecular complexity index is 1270. The van der Waals surface area contributed by atoms with E-state index in [4.69, 9.17) is 0 Å². The number of amides is 1. The van der Waals surface area contributed by atoms with Crippen molar-refractivity contribution in [2.24, 2.45) is 5.92 Å². The molecular weight excluding hydrogens is 469 g/mol. The molecule has 192 valence electrons. The molecule has 2 N–H and O–H groups in total. The fraction of sp³-hybridized carbons (Fsp3) is 0.444. The van der Waals surface area contributed by atoms with Gasteiger partial charge in [0.05, 0.1) is 16.7 Å². The number of halogens is 3. The number of rotatable bonds is 5. The molecule has 0 spiro atoms. The number of hydrogen-bond acceptors (Lipinski definition) is 5. The highest BCUT2D eigenvalue weighted by Crippen LogP contribution is 2.41. The third-order valence-corrected chi connectivity index (χ3v) is 7.01. The fourth-order valence-electron chi connectivity index (χ4n) is 4.91. The second-order valence-electron chi connectivity index (χ2n) is 9.88. The molecule has 1 amide bonds. The van der Waals surface area contributed by atoms with Gasteiger partial charge in [0, 0.05) is 31.4 Å². The molecule has 2 aromatic carbocycles. The predicted octanol–water partition coefficient (Wildman–Crippen LogP) is 5.60. The van der Waals surface area contributed by atoms with Crippen LogP contribution >= 0.6 is 0 Å². The van der Waals surface area contributed by atoms with Gasteiger partial charge in [0.2, 0.25) is 5.91 Å². The summed E-state index contributed by atoms with van der Waals surface area (Å²) < 4.78 is 39.6. The zero-order chi connectivity index (χ0) is 26.3. The number of fused-ring (bicyclic) bond motifs is 1. The topological polar surface area (TPSA) is 78.4 Å². The summed E-state index contributed by atoms with van der Waals surface area (Å²) in [5.74, 6) is 0.992. The van der Waals surface area contributed by atoms with Gasteiger partial charge in [0.1, 0.15) is 11.6 Å². The maximum atomic E-state index is 13.2. The van der Waals surface area contributed by atoms with Crippen LogP contribution in [0.3, 0.4) is 0 Å². The van der Waals surface area contributed by atoms with Crippen molar-refractivity contribution in [1.82, 2.24) is 14.9 Å². The van der Waals surface area contributed by atoms with Crippen LogP contribution in [0.4, 0.5) is 19.0 Å². The molecule has 6 nitrogen and oxygen atoms in total. The SMILES string of the molecule is Cc1nc(N[C@@H](C)c2cccc(C(F)(F)F)c2)c2cc(C3(O)CCC(C(=O)N(C)C)CC3)ccc2n1. The van der Waals surface area contributed by atoms with Crippen LogP contribution in [0.1, 0.15) is 61.2 Å². The van der Waals surface area contributed by atoms with Crippen LogP contribution in [0.15, 0.2) is 42.5 Å². The van der Waals surface area contributed by atoms with Crippen LogP contribution in [0, 0.1) is 12.8 Å². The summed E-state index contributed by atoms with van der Waals surface area (Å²) in [5.41, 5.74) is 0.0858. The van der Waals surface area contributed by atoms with Gasteiger partial charge in [-0.3, -0.25) is 4.79 Å². The van der Waals surface area contributed by atoms with E-state index in [2.05, 4.69) is 15.3 Å². The lowest BCUT2D eigenvalue weighted by atomic mass is 9.74. The van der Waals surface area contributed by atoms with Crippen LogP contribution in [0.2, 0.25) is 0 Å². The Morgan fingerprint density at radius 2 is 1.83 bits per heavy atom. The van der Waals surface area contributed by atoms with E-state index in [0.717, 1.165) is 12.1 Å². The van der Waals surface area contributed by atoms with E-state index in [-0.39, 0.29) is 11.8 Å². The van der Waals surface area contributed by atoms with Gasteiger partial charge in [0.25, 0.3) is 0 Å². The first-order chi connectivity index (χ1) is 16.9. The summed E-state index contributed by atoms with van der Waals surface area (Å²) in [6, 6.07) is 10.3. The number of alkyl halides is 3. The van der Waals surface area contributed by atoms with E-state index in [1.807, 2.05) is 18.2 Å². The average molecular weight is 501 g/mol. The first-order valence-corrected chi connectivity index (χ1v) is 12.0. The lowest BCUT2D eigenvalue weighted by molar-refractivity contribution is -0.138. The zero-order valence-corrected chi connectivity index (χ0v) is 20.9. The smallest absolute Gasteiger partial charge is 0.385 e. The van der Waals surface area contributed by atoms with Gasteiger partial charge in [-0.25, -0.2) is 9.97 Å². The van der Waals surface area contributed by atoms with Gasteiger partial charge in [-0.05, 0) is 74.9 Å². The highest BCUT2D eigenvalue weighted by molar-refractivity contribution is 5.90. The van der Waals surface area contributed by atoms with Crippen molar-refractivity contribution in [2.75, 3.05) is 19.4 Å². The molecule has 1 saturated carbocycles. The molecule has 1 aliphatic carbocycles. The van der Waals surface area contributed by atoms with Crippen LogP contribution in [0.5, 0.6) is 0 Å². The molecule has 1 atom stereocenters. The van der Waals surface area contributed by atoms with Crippen molar-refractivity contribution < 1.29 is 23.1 Å². The second-order valence-corrected chi connectivity index (χ2v) is 9.88. The molecule has 9 heteroatoms. The highest BCUT2D eigenvalue weighted by Gasteiger charge is 2.38. The Labute approximate surface area is 208 Å². The van der Waals surface area contributed by atoms with E-state index >= 15 is 0 Å². The molecule has 0 saturated heterocycles. The van der Waals surface area contributed by atoms with Crippen LogP contribution in [-0.4, -0.2) is 40.0 Å². The van der Waals surface area contributed by atoms with Crippen molar-refractivity contribution in [3.05, 3.63) is 65.0 Å². The molecule has 1 fully saturated rings. The first-order valence-electron chi connectivity index (χ1n) is 12.0. The summed E-state index contributed by atoms with van der Waals surface area (Å²) in [4.78, 5) is 23.0. The van der Waals surface area contributed by atoms with E-state index in [0.29, 0.717) is 59.4 Å². The number of aryl methyl sites for hydroxylation is 1. The molecule has 36 heavy (non-hydrogen) atoms. The van der Waals surface area contributed by atoms with Crippen molar-refractivity contribution in [3.8, 4) is 0 Å². The van der Waals surface area contributed by atoms with Crippen LogP contribution in [0.25, 0.3) is 10.9 Å². The molecule has 1 aliphatic rings. The largest absolute Gasteiger partial charge is 0.416 e. The van der Waals surface area contributed by atoms with Gasteiger partial charge < -0.3 is 15.3 Å². The number of carbonyl (C=O) groups excluding carboxylic acids is 1. The highest BCUT2D eigenvalue weighted by atomic mass is 19.4. The second kappa shape index (κ2) is 9.69. The van der Waals surface area contributed by atoms with Crippen molar-refractivity contribution in [3.63, 3.8) is 0 Å². The maximum absolute atomic E-state index is 13.2. The Balaban J connectivity index is 1.63. The number of aromatic nitrogens is 2. The summed E-state index contributed by atoms with van der Waals surface area (Å²) in [7, 11) is 3.48. The summed E-state index contributed by atoms with van der Waals surface area (Å²) in [6.07, 6.45) is -2.33. The summed E-state index contributed by atoms with van der Waals surface area (Å²) in [6.45, 7) is 3.53. The van der Waals surface area contributed by atoms with Crippen molar-refractivity contribution in [2.45, 2.75) is 57.3 Å². The van der Waals surface area contributed by atoms with Gasteiger partial charge in [-0.2, -0.15) is 13.2 Å². The molecule has 0 aliphatic heterocycles. The summed E-state index contributed by atoms with van der Waals surface area (Å²) in [5, 5.41) is 15.4. The molecule has 1 heterocycles. The Hall–Kier alpha value is -3.20. The molecule has 0 bridgehead atoms. The van der Waals surface area contributed by atoms with Crippen molar-refractivity contribution in [1.29, 1.82) is 0 Å². The normalized spacial score (nSPS) is 21.3. The van der Waals surface area contributed by atoms with E-state index in [1.165, 1.54) is 6.07 Å². The fourth-order valence-corrected chi connectivity index (χ4v) is 4.91. The minimum absolute atomic E-state index is 0.0782. The van der Waals surface area contributed by atoms with Gasteiger partial charge >= 0.3 is 6.18 Å². The number of benzene rings is 2. The monoisotopic (exact) mass is 500 g/mol. The molecular formula is C27H31F3N4O2. The number of hydrogen-bond donors (Lipinski definition) is 2. The minimum Gasteiger partial charge on any atom is -0.385 e. The quantitative estimate of drug-likeness (QED) is 0.477. The summed E-state index contributed by atoms with van der Waals surface area (Å²) >= 11 is 0. The molecule has 3 aromatic rings. The maximum Gasteiger partial charge on any atom is 0.416 e. The minimum atomic E-state index is -4.42. The van der Waals surface area contributed by atoms with Crippen LogP contribution < -0.4 is 5.32 Å². The Kier molecular flexibility index (Phi) is 6.96. The zero-order valence-electron chi connectivity index (χ0n) is 20.9. The van der Waals surface area contributed by atoms with E-state index in [9.17, 15) is 23.1 Å². The predicted molar refractivity (Wildman–Crippen MR) is 132 cm³/mol. The Morgan fingerprint density at radius 3 is 2.47 bits per heavy atom. The van der Waals surface area contributed by atoms with Gasteiger partial charge in [-0.15, -0.1) is 0 Å².